The predicted molar refractivity (Wildman–Crippen MR) is 127 cm³/mol. The molecule has 0 aliphatic heterocycles. The first-order valence-corrected chi connectivity index (χ1v) is 12.4. The molecule has 0 bridgehead atoms. The minimum atomic E-state index is -3.28. The van der Waals surface area contributed by atoms with Gasteiger partial charge < -0.3 is 5.32 Å². The molecule has 0 spiro atoms. The zero-order valence-corrected chi connectivity index (χ0v) is 18.9. The van der Waals surface area contributed by atoms with Crippen LogP contribution in [0, 0.1) is 5.92 Å². The van der Waals surface area contributed by atoms with Crippen molar-refractivity contribution < 1.29 is 8.42 Å². The van der Waals surface area contributed by atoms with Crippen molar-refractivity contribution in [2.75, 3.05) is 11.9 Å². The van der Waals surface area contributed by atoms with E-state index in [1.165, 1.54) is 27.2 Å². The number of hydrogen-bond donors (Lipinski definition) is 2. The van der Waals surface area contributed by atoms with Crippen molar-refractivity contribution in [3.63, 3.8) is 0 Å². The molecule has 30 heavy (non-hydrogen) atoms. The van der Waals surface area contributed by atoms with Gasteiger partial charge in [-0.2, -0.15) is 0 Å². The molecule has 1 fully saturated rings. The zero-order valence-electron chi connectivity index (χ0n) is 18.1. The highest BCUT2D eigenvalue weighted by atomic mass is 32.2. The molecule has 0 aromatic heterocycles. The molecule has 1 aliphatic rings. The summed E-state index contributed by atoms with van der Waals surface area (Å²) in [5, 5.41) is 8.69. The molecule has 0 radical (unpaired) electrons. The minimum Gasteiger partial charge on any atom is -0.384 e. The maximum atomic E-state index is 12.4. The lowest BCUT2D eigenvalue weighted by Crippen LogP contribution is -2.46. The van der Waals surface area contributed by atoms with E-state index in [-0.39, 0.29) is 6.04 Å². The highest BCUT2D eigenvalue weighted by Gasteiger charge is 2.32. The van der Waals surface area contributed by atoms with Gasteiger partial charge in [-0.15, -0.1) is 0 Å². The van der Waals surface area contributed by atoms with Gasteiger partial charge in [0.05, 0.1) is 4.75 Å². The average molecular weight is 425 g/mol. The Morgan fingerprint density at radius 3 is 2.17 bits per heavy atom. The van der Waals surface area contributed by atoms with Crippen molar-refractivity contribution in [1.82, 2.24) is 4.72 Å². The fraction of sp³-hybridized carbons (Fsp3) is 0.440. The second kappa shape index (κ2) is 8.20. The summed E-state index contributed by atoms with van der Waals surface area (Å²) in [7, 11) is -3.28. The molecule has 4 rings (SSSR count). The summed E-state index contributed by atoms with van der Waals surface area (Å²) in [6.45, 7) is 6.17. The number of hydrogen-bond acceptors (Lipinski definition) is 3. The van der Waals surface area contributed by atoms with Crippen LogP contribution >= 0.6 is 0 Å². The van der Waals surface area contributed by atoms with Crippen LogP contribution in [0.3, 0.4) is 0 Å². The monoisotopic (exact) mass is 424 g/mol. The first kappa shape index (κ1) is 21.1. The highest BCUT2D eigenvalue weighted by Crippen LogP contribution is 2.30. The molecule has 2 N–H and O–H groups in total. The number of sulfonamides is 1. The fourth-order valence-electron chi connectivity index (χ4n) is 4.26. The van der Waals surface area contributed by atoms with E-state index in [1.54, 1.807) is 20.8 Å². The Hall–Kier alpha value is -2.11. The van der Waals surface area contributed by atoms with Crippen molar-refractivity contribution in [1.29, 1.82) is 0 Å². The van der Waals surface area contributed by atoms with E-state index < -0.39 is 14.8 Å². The summed E-state index contributed by atoms with van der Waals surface area (Å²) >= 11 is 0. The standard InChI is InChI=1S/C25H32N2O2S/c1-25(2,3)30(28,29)27-22-13-11-18(12-14-22)17-26-24-10-6-9-21-15-19-7-4-5-8-20(19)16-23(21)24/h4-10,15-16,18,22,26-27H,11-14,17H2,1-3H3/t18-,22-. The maximum Gasteiger partial charge on any atom is 0.216 e. The molecule has 0 saturated heterocycles. The van der Waals surface area contributed by atoms with Gasteiger partial charge in [0, 0.05) is 23.7 Å². The number of benzene rings is 3. The molecule has 1 saturated carbocycles. The van der Waals surface area contributed by atoms with Crippen LogP contribution < -0.4 is 10.0 Å². The molecular formula is C25H32N2O2S. The van der Waals surface area contributed by atoms with Crippen LogP contribution in [0.2, 0.25) is 0 Å². The minimum absolute atomic E-state index is 0.0643. The molecule has 160 valence electrons. The number of rotatable bonds is 5. The lowest BCUT2D eigenvalue weighted by atomic mass is 9.86. The smallest absolute Gasteiger partial charge is 0.216 e. The van der Waals surface area contributed by atoms with Crippen LogP contribution in [0.4, 0.5) is 5.69 Å². The van der Waals surface area contributed by atoms with Crippen LogP contribution in [-0.2, 0) is 10.0 Å². The van der Waals surface area contributed by atoms with Crippen molar-refractivity contribution in [2.45, 2.75) is 57.2 Å². The Bertz CT molecular complexity index is 1140. The van der Waals surface area contributed by atoms with Gasteiger partial charge >= 0.3 is 0 Å². The SMILES string of the molecule is CC(C)(C)S(=O)(=O)N[C@H]1CC[C@H](CNc2cccc3cc4ccccc4cc23)CC1. The van der Waals surface area contributed by atoms with Crippen LogP contribution in [0.5, 0.6) is 0 Å². The summed E-state index contributed by atoms with van der Waals surface area (Å²) < 4.78 is 27.0. The van der Waals surface area contributed by atoms with Gasteiger partial charge in [0.15, 0.2) is 0 Å². The van der Waals surface area contributed by atoms with E-state index in [0.29, 0.717) is 5.92 Å². The quantitative estimate of drug-likeness (QED) is 0.518. The fourth-order valence-corrected chi connectivity index (χ4v) is 5.28. The molecule has 3 aromatic rings. The maximum absolute atomic E-state index is 12.4. The van der Waals surface area contributed by atoms with Crippen LogP contribution in [0.25, 0.3) is 21.5 Å². The largest absolute Gasteiger partial charge is 0.384 e. The average Bonchev–Trinajstić information content (AvgIpc) is 2.70. The Kier molecular flexibility index (Phi) is 5.78. The summed E-state index contributed by atoms with van der Waals surface area (Å²) in [5.74, 6) is 0.566. The molecule has 0 atom stereocenters. The molecule has 5 heteroatoms. The van der Waals surface area contributed by atoms with Crippen molar-refractivity contribution in [3.05, 3.63) is 54.6 Å². The third-order valence-electron chi connectivity index (χ3n) is 6.30. The lowest BCUT2D eigenvalue weighted by molar-refractivity contribution is 0.322. The summed E-state index contributed by atoms with van der Waals surface area (Å²) in [4.78, 5) is 0. The van der Waals surface area contributed by atoms with E-state index >= 15 is 0 Å². The molecule has 0 amide bonds. The van der Waals surface area contributed by atoms with Crippen molar-refractivity contribution in [3.8, 4) is 0 Å². The topological polar surface area (TPSA) is 58.2 Å². The Labute approximate surface area is 180 Å². The van der Waals surface area contributed by atoms with E-state index in [9.17, 15) is 8.42 Å². The number of nitrogens with one attached hydrogen (secondary N) is 2. The normalized spacial score (nSPS) is 20.5. The molecule has 0 heterocycles. The molecular weight excluding hydrogens is 392 g/mol. The zero-order chi connectivity index (χ0) is 21.4. The molecule has 4 nitrogen and oxygen atoms in total. The first-order chi connectivity index (χ1) is 14.2. The summed E-state index contributed by atoms with van der Waals surface area (Å²) in [5.41, 5.74) is 1.17. The Morgan fingerprint density at radius 1 is 0.867 bits per heavy atom. The Morgan fingerprint density at radius 2 is 1.50 bits per heavy atom. The third-order valence-corrected chi connectivity index (χ3v) is 8.56. The third kappa shape index (κ3) is 4.47. The van der Waals surface area contributed by atoms with Crippen LogP contribution in [0.1, 0.15) is 46.5 Å². The molecule has 0 unspecified atom stereocenters. The van der Waals surface area contributed by atoms with Gasteiger partial charge in [-0.1, -0.05) is 36.4 Å². The van der Waals surface area contributed by atoms with Crippen LogP contribution in [0.15, 0.2) is 54.6 Å². The van der Waals surface area contributed by atoms with Gasteiger partial charge in [-0.3, -0.25) is 0 Å². The first-order valence-electron chi connectivity index (χ1n) is 10.9. The molecule has 1 aliphatic carbocycles. The predicted octanol–water partition coefficient (Wildman–Crippen LogP) is 5.68. The second-order valence-corrected chi connectivity index (χ2v) is 12.0. The van der Waals surface area contributed by atoms with Gasteiger partial charge in [0.2, 0.25) is 10.0 Å². The number of anilines is 1. The van der Waals surface area contributed by atoms with E-state index in [4.69, 9.17) is 0 Å². The van der Waals surface area contributed by atoms with Crippen molar-refractivity contribution >= 4 is 37.3 Å². The van der Waals surface area contributed by atoms with E-state index in [0.717, 1.165) is 32.2 Å². The molecule has 3 aromatic carbocycles. The Balaban J connectivity index is 1.39. The second-order valence-electron chi connectivity index (χ2n) is 9.56. The van der Waals surface area contributed by atoms with E-state index in [1.807, 2.05) is 0 Å². The number of fused-ring (bicyclic) bond motifs is 2. The lowest BCUT2D eigenvalue weighted by Gasteiger charge is -2.31. The summed E-state index contributed by atoms with van der Waals surface area (Å²) in [6.07, 6.45) is 3.89. The van der Waals surface area contributed by atoms with Gasteiger partial charge in [0.1, 0.15) is 0 Å². The van der Waals surface area contributed by atoms with E-state index in [2.05, 4.69) is 64.6 Å². The van der Waals surface area contributed by atoms with Gasteiger partial charge in [-0.05, 0) is 86.7 Å². The van der Waals surface area contributed by atoms with Crippen molar-refractivity contribution in [2.24, 2.45) is 5.92 Å². The van der Waals surface area contributed by atoms with Gasteiger partial charge in [0.25, 0.3) is 0 Å². The summed E-state index contributed by atoms with van der Waals surface area (Å²) in [6, 6.07) is 19.5. The highest BCUT2D eigenvalue weighted by molar-refractivity contribution is 7.90. The van der Waals surface area contributed by atoms with Gasteiger partial charge in [-0.25, -0.2) is 13.1 Å². The van der Waals surface area contributed by atoms with Crippen LogP contribution in [-0.4, -0.2) is 25.8 Å².